The van der Waals surface area contributed by atoms with Crippen molar-refractivity contribution in [2.24, 2.45) is 0 Å². The molecule has 0 radical (unpaired) electrons. The van der Waals surface area contributed by atoms with Crippen molar-refractivity contribution in [3.8, 4) is 6.07 Å². The first-order valence-corrected chi connectivity index (χ1v) is 3.81. The lowest BCUT2D eigenvalue weighted by Gasteiger charge is -1.98. The summed E-state index contributed by atoms with van der Waals surface area (Å²) in [4.78, 5) is 15.0. The summed E-state index contributed by atoms with van der Waals surface area (Å²) in [5, 5.41) is 10.8. The molecule has 1 rings (SSSR count). The van der Waals surface area contributed by atoms with Crippen LogP contribution in [0.5, 0.6) is 0 Å². The minimum absolute atomic E-state index is 0.206. The second-order valence-corrected chi connectivity index (χ2v) is 2.43. The minimum Gasteiger partial charge on any atom is -0.438 e. The van der Waals surface area contributed by atoms with E-state index in [1.165, 1.54) is 6.39 Å². The van der Waals surface area contributed by atoms with Gasteiger partial charge >= 0.3 is 0 Å². The summed E-state index contributed by atoms with van der Waals surface area (Å²) >= 11 is 0. The molecule has 5 nitrogen and oxygen atoms in total. The van der Waals surface area contributed by atoms with Gasteiger partial charge in [0.2, 0.25) is 5.76 Å². The van der Waals surface area contributed by atoms with Gasteiger partial charge in [-0.3, -0.25) is 4.79 Å². The number of rotatable bonds is 3. The molecule has 0 aliphatic rings. The highest BCUT2D eigenvalue weighted by molar-refractivity contribution is 5.92. The molecular weight excluding hydrogens is 170 g/mol. The molecule has 0 saturated carbocycles. The summed E-state index contributed by atoms with van der Waals surface area (Å²) in [6, 6.07) is 1.92. The summed E-state index contributed by atoms with van der Waals surface area (Å²) in [5.74, 6) is -0.122. The number of amides is 1. The highest BCUT2D eigenvalue weighted by Gasteiger charge is 2.12. The second kappa shape index (κ2) is 4.26. The zero-order valence-corrected chi connectivity index (χ0v) is 7.20. The Hall–Kier alpha value is -1.83. The predicted molar refractivity (Wildman–Crippen MR) is 43.8 cm³/mol. The molecule has 0 aliphatic heterocycles. The Bertz CT molecular complexity index is 337. The number of nitrogens with zero attached hydrogens (tertiary/aromatic N) is 2. The third-order valence-electron chi connectivity index (χ3n) is 1.47. The van der Waals surface area contributed by atoms with E-state index < -0.39 is 0 Å². The van der Waals surface area contributed by atoms with Gasteiger partial charge in [0.1, 0.15) is 0 Å². The van der Waals surface area contributed by atoms with E-state index in [4.69, 9.17) is 9.68 Å². The number of hydrogen-bond donors (Lipinski definition) is 1. The lowest BCUT2D eigenvalue weighted by atomic mass is 10.3. The molecule has 0 saturated heterocycles. The van der Waals surface area contributed by atoms with Crippen molar-refractivity contribution in [2.45, 2.75) is 13.3 Å². The van der Waals surface area contributed by atoms with Crippen LogP contribution in [0.4, 0.5) is 0 Å². The second-order valence-electron chi connectivity index (χ2n) is 2.43. The Balaban J connectivity index is 2.50. The zero-order valence-electron chi connectivity index (χ0n) is 7.20. The Morgan fingerprint density at radius 2 is 2.62 bits per heavy atom. The van der Waals surface area contributed by atoms with Crippen molar-refractivity contribution in [2.75, 3.05) is 6.54 Å². The highest BCUT2D eigenvalue weighted by Crippen LogP contribution is 2.03. The van der Waals surface area contributed by atoms with Gasteiger partial charge in [-0.15, -0.1) is 0 Å². The molecular formula is C8H9N3O2. The van der Waals surface area contributed by atoms with E-state index in [0.29, 0.717) is 18.7 Å². The van der Waals surface area contributed by atoms with E-state index in [9.17, 15) is 4.79 Å². The predicted octanol–water partition coefficient (Wildman–Crippen LogP) is 0.627. The Labute approximate surface area is 75.4 Å². The summed E-state index contributed by atoms with van der Waals surface area (Å²) in [6.45, 7) is 2.01. The molecule has 1 aromatic rings. The van der Waals surface area contributed by atoms with E-state index in [0.717, 1.165) is 0 Å². The molecule has 13 heavy (non-hydrogen) atoms. The molecule has 0 spiro atoms. The van der Waals surface area contributed by atoms with Crippen LogP contribution in [0.2, 0.25) is 0 Å². The largest absolute Gasteiger partial charge is 0.438 e. The van der Waals surface area contributed by atoms with Crippen LogP contribution >= 0.6 is 0 Å². The van der Waals surface area contributed by atoms with E-state index in [2.05, 4.69) is 10.3 Å². The molecule has 68 valence electrons. The van der Waals surface area contributed by atoms with Gasteiger partial charge in [0.15, 0.2) is 6.39 Å². The van der Waals surface area contributed by atoms with E-state index in [1.54, 1.807) is 6.92 Å². The molecule has 0 bridgehead atoms. The molecule has 0 aliphatic carbocycles. The molecule has 1 N–H and O–H groups in total. The van der Waals surface area contributed by atoms with Crippen LogP contribution in [0.3, 0.4) is 0 Å². The third-order valence-corrected chi connectivity index (χ3v) is 1.47. The zero-order chi connectivity index (χ0) is 9.68. The first kappa shape index (κ1) is 9.26. The number of aromatic nitrogens is 1. The Morgan fingerprint density at radius 3 is 3.15 bits per heavy atom. The number of nitriles is 1. The lowest BCUT2D eigenvalue weighted by Crippen LogP contribution is -2.24. The van der Waals surface area contributed by atoms with Crippen LogP contribution in [0.1, 0.15) is 22.7 Å². The first-order valence-electron chi connectivity index (χ1n) is 3.81. The van der Waals surface area contributed by atoms with Crippen molar-refractivity contribution in [1.82, 2.24) is 10.3 Å². The van der Waals surface area contributed by atoms with Crippen molar-refractivity contribution >= 4 is 5.91 Å². The third kappa shape index (κ3) is 2.30. The average Bonchev–Trinajstić information content (AvgIpc) is 2.52. The monoisotopic (exact) mass is 179 g/mol. The molecule has 0 unspecified atom stereocenters. The smallest absolute Gasteiger partial charge is 0.289 e. The SMILES string of the molecule is Cc1ncoc1C(=O)NCCC#N. The maximum atomic E-state index is 11.2. The van der Waals surface area contributed by atoms with Gasteiger partial charge in [-0.2, -0.15) is 5.26 Å². The van der Waals surface area contributed by atoms with Crippen molar-refractivity contribution in [3.63, 3.8) is 0 Å². The van der Waals surface area contributed by atoms with Gasteiger partial charge in [0.25, 0.3) is 5.91 Å². The maximum absolute atomic E-state index is 11.2. The number of nitrogens with one attached hydrogen (secondary N) is 1. The molecule has 1 aromatic heterocycles. The topological polar surface area (TPSA) is 78.9 Å². The summed E-state index contributed by atoms with van der Waals surface area (Å²) in [5.41, 5.74) is 0.550. The minimum atomic E-state index is -0.328. The van der Waals surface area contributed by atoms with Gasteiger partial charge in [-0.25, -0.2) is 4.98 Å². The quantitative estimate of drug-likeness (QED) is 0.690. The lowest BCUT2D eigenvalue weighted by molar-refractivity contribution is 0.0926. The fourth-order valence-electron chi connectivity index (χ4n) is 0.832. The standard InChI is InChI=1S/C8H9N3O2/c1-6-7(13-5-11-6)8(12)10-4-2-3-9/h5H,2,4H2,1H3,(H,10,12). The van der Waals surface area contributed by atoms with Crippen LogP contribution in [-0.4, -0.2) is 17.4 Å². The van der Waals surface area contributed by atoms with Crippen LogP contribution in [0.25, 0.3) is 0 Å². The average molecular weight is 179 g/mol. The molecule has 5 heteroatoms. The maximum Gasteiger partial charge on any atom is 0.289 e. The van der Waals surface area contributed by atoms with Crippen molar-refractivity contribution in [1.29, 1.82) is 5.26 Å². The summed E-state index contributed by atoms with van der Waals surface area (Å²) < 4.78 is 4.85. The summed E-state index contributed by atoms with van der Waals surface area (Å²) in [7, 11) is 0. The van der Waals surface area contributed by atoms with Crippen LogP contribution in [0, 0.1) is 18.3 Å². The molecule has 0 aromatic carbocycles. The number of aryl methyl sites for hydroxylation is 1. The first-order chi connectivity index (χ1) is 6.25. The van der Waals surface area contributed by atoms with Crippen LogP contribution < -0.4 is 5.32 Å². The van der Waals surface area contributed by atoms with Crippen molar-refractivity contribution in [3.05, 3.63) is 17.8 Å². The number of oxazole rings is 1. The van der Waals surface area contributed by atoms with Crippen LogP contribution in [0.15, 0.2) is 10.8 Å². The number of hydrogen-bond acceptors (Lipinski definition) is 4. The molecule has 0 fully saturated rings. The van der Waals surface area contributed by atoms with Crippen molar-refractivity contribution < 1.29 is 9.21 Å². The fraction of sp³-hybridized carbons (Fsp3) is 0.375. The van der Waals surface area contributed by atoms with E-state index >= 15 is 0 Å². The molecule has 1 heterocycles. The van der Waals surface area contributed by atoms with Gasteiger partial charge in [0.05, 0.1) is 18.2 Å². The molecule has 0 atom stereocenters. The van der Waals surface area contributed by atoms with Gasteiger partial charge in [0, 0.05) is 6.54 Å². The fourth-order valence-corrected chi connectivity index (χ4v) is 0.832. The van der Waals surface area contributed by atoms with Gasteiger partial charge in [-0.05, 0) is 6.92 Å². The number of carbonyl (C=O) groups excluding carboxylic acids is 1. The highest BCUT2D eigenvalue weighted by atomic mass is 16.3. The molecule has 1 amide bonds. The van der Waals surface area contributed by atoms with Gasteiger partial charge in [-0.1, -0.05) is 0 Å². The Kier molecular flexibility index (Phi) is 3.03. The van der Waals surface area contributed by atoms with Crippen LogP contribution in [-0.2, 0) is 0 Å². The normalized spacial score (nSPS) is 9.23. The van der Waals surface area contributed by atoms with E-state index in [-0.39, 0.29) is 11.7 Å². The Morgan fingerprint density at radius 1 is 1.85 bits per heavy atom. The van der Waals surface area contributed by atoms with Gasteiger partial charge < -0.3 is 9.73 Å². The number of carbonyl (C=O) groups is 1. The summed E-state index contributed by atoms with van der Waals surface area (Å²) in [6.07, 6.45) is 1.51. The van der Waals surface area contributed by atoms with E-state index in [1.807, 2.05) is 6.07 Å².